The highest BCUT2D eigenvalue weighted by Crippen LogP contribution is 2.40. The lowest BCUT2D eigenvalue weighted by Gasteiger charge is -2.15. The average Bonchev–Trinajstić information content (AvgIpc) is 3.28. The molecule has 0 radical (unpaired) electrons. The van der Waals surface area contributed by atoms with Crippen LogP contribution in [0.5, 0.6) is 0 Å². The maximum absolute atomic E-state index is 5.26. The molecule has 260 valence electrons. The van der Waals surface area contributed by atoms with Gasteiger partial charge in [0.15, 0.2) is 5.82 Å². The van der Waals surface area contributed by atoms with Crippen molar-refractivity contribution in [2.75, 3.05) is 0 Å². The Morgan fingerprint density at radius 3 is 1.71 bits per heavy atom. The third-order valence-corrected chi connectivity index (χ3v) is 11.1. The van der Waals surface area contributed by atoms with Crippen molar-refractivity contribution in [1.29, 1.82) is 0 Å². The molecule has 3 nitrogen and oxygen atoms in total. The minimum atomic E-state index is 0.680. The molecule has 0 fully saturated rings. The van der Waals surface area contributed by atoms with Crippen molar-refractivity contribution in [3.63, 3.8) is 0 Å². The summed E-state index contributed by atoms with van der Waals surface area (Å²) in [5.41, 5.74) is 11.6. The van der Waals surface area contributed by atoms with Gasteiger partial charge in [0, 0.05) is 34.6 Å². The zero-order valence-electron chi connectivity index (χ0n) is 30.4. The standard InChI is InChI=1S/C53H33N3/c1-2-8-42-31-43(25-16-34(42)7-1)35-14-19-37(20-15-35)49-32-50(47-13-4-3-12-45(47)44-11-6-30-54-33-44)56-53(55-49)41-23-17-36(18-24-41)46-28-26-40-22-21-38-9-5-10-39-27-29-48(46)52(40)51(38)39/h1-33H. The van der Waals surface area contributed by atoms with E-state index in [1.54, 1.807) is 6.20 Å². The molecular formula is C53H33N3. The van der Waals surface area contributed by atoms with Gasteiger partial charge in [0.1, 0.15) is 0 Å². The van der Waals surface area contributed by atoms with Crippen LogP contribution in [-0.4, -0.2) is 15.0 Å². The summed E-state index contributed by atoms with van der Waals surface area (Å²) in [5.74, 6) is 0.680. The van der Waals surface area contributed by atoms with Crippen molar-refractivity contribution < 1.29 is 0 Å². The molecule has 0 saturated carbocycles. The first-order valence-corrected chi connectivity index (χ1v) is 19.0. The van der Waals surface area contributed by atoms with Gasteiger partial charge in [-0.05, 0) is 89.1 Å². The number of nitrogens with zero attached hydrogens (tertiary/aromatic N) is 3. The number of aromatic nitrogens is 3. The highest BCUT2D eigenvalue weighted by molar-refractivity contribution is 6.25. The second-order valence-electron chi connectivity index (χ2n) is 14.4. The fourth-order valence-electron chi connectivity index (χ4n) is 8.33. The van der Waals surface area contributed by atoms with E-state index < -0.39 is 0 Å². The number of benzene rings is 9. The molecule has 2 heterocycles. The molecule has 0 amide bonds. The topological polar surface area (TPSA) is 38.7 Å². The van der Waals surface area contributed by atoms with E-state index in [1.807, 2.05) is 12.3 Å². The Morgan fingerprint density at radius 2 is 0.911 bits per heavy atom. The molecule has 0 aliphatic heterocycles. The fourth-order valence-corrected chi connectivity index (χ4v) is 8.33. The molecule has 0 saturated heterocycles. The lowest BCUT2D eigenvalue weighted by molar-refractivity contribution is 1.18. The van der Waals surface area contributed by atoms with Crippen LogP contribution in [0.15, 0.2) is 200 Å². The van der Waals surface area contributed by atoms with Gasteiger partial charge in [-0.25, -0.2) is 9.97 Å². The van der Waals surface area contributed by atoms with Crippen molar-refractivity contribution in [3.8, 4) is 67.3 Å². The van der Waals surface area contributed by atoms with Gasteiger partial charge in [-0.1, -0.05) is 170 Å². The van der Waals surface area contributed by atoms with E-state index in [4.69, 9.17) is 9.97 Å². The number of pyridine rings is 1. The first-order valence-electron chi connectivity index (χ1n) is 19.0. The summed E-state index contributed by atoms with van der Waals surface area (Å²) in [7, 11) is 0. The molecule has 0 aliphatic rings. The predicted molar refractivity (Wildman–Crippen MR) is 234 cm³/mol. The monoisotopic (exact) mass is 711 g/mol. The van der Waals surface area contributed by atoms with E-state index in [1.165, 1.54) is 59.8 Å². The van der Waals surface area contributed by atoms with Gasteiger partial charge in [-0.3, -0.25) is 4.98 Å². The molecule has 3 heteroatoms. The Hall–Kier alpha value is -7.49. The maximum atomic E-state index is 5.26. The van der Waals surface area contributed by atoms with Gasteiger partial charge in [0.05, 0.1) is 11.4 Å². The van der Waals surface area contributed by atoms with E-state index in [-0.39, 0.29) is 0 Å². The molecule has 0 unspecified atom stereocenters. The molecule has 0 bridgehead atoms. The normalized spacial score (nSPS) is 11.6. The van der Waals surface area contributed by atoms with Crippen LogP contribution in [0.25, 0.3) is 110 Å². The lowest BCUT2D eigenvalue weighted by atomic mass is 9.90. The summed E-state index contributed by atoms with van der Waals surface area (Å²) in [6.07, 6.45) is 3.71. The second kappa shape index (κ2) is 13.1. The first-order chi connectivity index (χ1) is 27.7. The summed E-state index contributed by atoms with van der Waals surface area (Å²) in [6.45, 7) is 0. The third kappa shape index (κ3) is 5.49. The highest BCUT2D eigenvalue weighted by atomic mass is 14.9. The minimum absolute atomic E-state index is 0.680. The Morgan fingerprint density at radius 1 is 0.304 bits per heavy atom. The average molecular weight is 712 g/mol. The lowest BCUT2D eigenvalue weighted by Crippen LogP contribution is -1.97. The van der Waals surface area contributed by atoms with E-state index in [0.717, 1.165) is 44.8 Å². The largest absolute Gasteiger partial charge is 0.264 e. The summed E-state index contributed by atoms with van der Waals surface area (Å²) >= 11 is 0. The third-order valence-electron chi connectivity index (χ3n) is 11.1. The number of hydrogen-bond donors (Lipinski definition) is 0. The summed E-state index contributed by atoms with van der Waals surface area (Å²) in [6, 6.07) is 67.2. The van der Waals surface area contributed by atoms with Gasteiger partial charge in [-0.2, -0.15) is 0 Å². The van der Waals surface area contributed by atoms with Crippen LogP contribution in [-0.2, 0) is 0 Å². The summed E-state index contributed by atoms with van der Waals surface area (Å²) in [5, 5.41) is 10.2. The summed E-state index contributed by atoms with van der Waals surface area (Å²) in [4.78, 5) is 14.9. The Bertz CT molecular complexity index is 3210. The number of hydrogen-bond acceptors (Lipinski definition) is 3. The van der Waals surface area contributed by atoms with Gasteiger partial charge >= 0.3 is 0 Å². The Labute approximate surface area is 324 Å². The quantitative estimate of drug-likeness (QED) is 0.161. The maximum Gasteiger partial charge on any atom is 0.160 e. The molecule has 11 aromatic rings. The van der Waals surface area contributed by atoms with Crippen molar-refractivity contribution >= 4 is 43.1 Å². The molecule has 56 heavy (non-hydrogen) atoms. The molecule has 0 N–H and O–H groups in total. The van der Waals surface area contributed by atoms with Gasteiger partial charge in [-0.15, -0.1) is 0 Å². The molecule has 0 aliphatic carbocycles. The van der Waals surface area contributed by atoms with Crippen LogP contribution in [0, 0.1) is 0 Å². The number of fused-ring (bicyclic) bond motifs is 1. The van der Waals surface area contributed by atoms with Crippen LogP contribution < -0.4 is 0 Å². The van der Waals surface area contributed by atoms with Gasteiger partial charge in [0.25, 0.3) is 0 Å². The van der Waals surface area contributed by atoms with Crippen LogP contribution in [0.2, 0.25) is 0 Å². The van der Waals surface area contributed by atoms with Crippen molar-refractivity contribution in [3.05, 3.63) is 200 Å². The molecule has 0 spiro atoms. The van der Waals surface area contributed by atoms with Crippen molar-refractivity contribution in [1.82, 2.24) is 15.0 Å². The zero-order valence-corrected chi connectivity index (χ0v) is 30.4. The SMILES string of the molecule is c1cncc(-c2ccccc2-c2cc(-c3ccc(-c4ccc5ccccc5c4)cc3)nc(-c3ccc(-c4ccc5ccc6cccc7ccc4c5c67)cc3)n2)c1. The Balaban J connectivity index is 1.02. The van der Waals surface area contributed by atoms with Gasteiger partial charge < -0.3 is 0 Å². The van der Waals surface area contributed by atoms with Crippen LogP contribution in [0.3, 0.4) is 0 Å². The first kappa shape index (κ1) is 32.0. The van der Waals surface area contributed by atoms with Crippen molar-refractivity contribution in [2.24, 2.45) is 0 Å². The van der Waals surface area contributed by atoms with E-state index in [9.17, 15) is 0 Å². The molecule has 0 atom stereocenters. The van der Waals surface area contributed by atoms with E-state index >= 15 is 0 Å². The fraction of sp³-hybridized carbons (Fsp3) is 0. The van der Waals surface area contributed by atoms with Crippen molar-refractivity contribution in [2.45, 2.75) is 0 Å². The molecule has 9 aromatic carbocycles. The van der Waals surface area contributed by atoms with Crippen LogP contribution in [0.4, 0.5) is 0 Å². The predicted octanol–water partition coefficient (Wildman–Crippen LogP) is 13.9. The number of rotatable bonds is 6. The zero-order chi connectivity index (χ0) is 37.0. The molecule has 11 rings (SSSR count). The highest BCUT2D eigenvalue weighted by Gasteiger charge is 2.16. The Kier molecular flexibility index (Phi) is 7.49. The summed E-state index contributed by atoms with van der Waals surface area (Å²) < 4.78 is 0. The van der Waals surface area contributed by atoms with Crippen LogP contribution in [0.1, 0.15) is 0 Å². The van der Waals surface area contributed by atoms with E-state index in [2.05, 4.69) is 187 Å². The van der Waals surface area contributed by atoms with Crippen LogP contribution >= 0.6 is 0 Å². The smallest absolute Gasteiger partial charge is 0.160 e. The molecule has 2 aromatic heterocycles. The van der Waals surface area contributed by atoms with E-state index in [0.29, 0.717) is 5.82 Å². The van der Waals surface area contributed by atoms with Gasteiger partial charge in [0.2, 0.25) is 0 Å². The minimum Gasteiger partial charge on any atom is -0.264 e. The molecular weight excluding hydrogens is 679 g/mol. The second-order valence-corrected chi connectivity index (χ2v) is 14.4.